The van der Waals surface area contributed by atoms with Gasteiger partial charge in [-0.3, -0.25) is 0 Å². The van der Waals surface area contributed by atoms with Crippen LogP contribution in [0.5, 0.6) is 0 Å². The minimum Gasteiger partial charge on any atom is -0.463 e. The molecule has 0 N–H and O–H groups in total. The zero-order chi connectivity index (χ0) is 46.5. The molecule has 0 amide bonds. The van der Waals surface area contributed by atoms with Crippen LogP contribution in [0, 0.1) is 0 Å². The van der Waals surface area contributed by atoms with Crippen molar-refractivity contribution >= 4 is 61.0 Å². The van der Waals surface area contributed by atoms with Crippen LogP contribution in [0.3, 0.4) is 0 Å². The molecule has 0 aliphatic carbocycles. The molecule has 0 radical (unpaired) electrons. The number of fused-ring (bicyclic) bond motifs is 4. The third kappa shape index (κ3) is 8.69. The van der Waals surface area contributed by atoms with E-state index >= 15 is 0 Å². The number of rotatable bonds is 11. The van der Waals surface area contributed by atoms with Gasteiger partial charge in [0.15, 0.2) is 0 Å². The second kappa shape index (κ2) is 19.0. The monoisotopic (exact) mass is 884 g/mol. The number of benzene rings is 9. The summed E-state index contributed by atoms with van der Waals surface area (Å²) in [5.74, 6) is 0. The lowest BCUT2D eigenvalue weighted by atomic mass is 10.0. The van der Waals surface area contributed by atoms with E-state index in [1.165, 1.54) is 44.1 Å². The van der Waals surface area contributed by atoms with Crippen molar-refractivity contribution in [2.75, 3.05) is 4.90 Å². The van der Waals surface area contributed by atoms with Gasteiger partial charge in [0.1, 0.15) is 5.58 Å². The maximum Gasteiger partial charge on any atom is 0.141 e. The fourth-order valence-electron chi connectivity index (χ4n) is 9.23. The number of hydrogen-bond donors (Lipinski definition) is 0. The van der Waals surface area contributed by atoms with Crippen molar-refractivity contribution < 1.29 is 4.42 Å². The summed E-state index contributed by atoms with van der Waals surface area (Å²) in [6.07, 6.45) is 5.83. The number of anilines is 3. The summed E-state index contributed by atoms with van der Waals surface area (Å²) in [5.41, 5.74) is 17.8. The summed E-state index contributed by atoms with van der Waals surface area (Å²) in [6, 6.07) is 87.5. The first kappa shape index (κ1) is 42.5. The van der Waals surface area contributed by atoms with E-state index in [1.54, 1.807) is 6.26 Å². The first-order chi connectivity index (χ1) is 34.1. The molecular weight excluding hydrogens is 837 g/mol. The Balaban J connectivity index is 0.849. The van der Waals surface area contributed by atoms with Gasteiger partial charge in [0.05, 0.1) is 17.3 Å². The molecule has 0 aliphatic rings. The molecule has 11 aromatic rings. The van der Waals surface area contributed by atoms with Gasteiger partial charge in [-0.05, 0) is 105 Å². The number of aromatic nitrogens is 1. The topological polar surface area (TPSA) is 21.3 Å². The van der Waals surface area contributed by atoms with E-state index in [9.17, 15) is 0 Å². The Morgan fingerprint density at radius 1 is 0.377 bits per heavy atom. The van der Waals surface area contributed by atoms with Crippen molar-refractivity contribution in [1.82, 2.24) is 4.57 Å². The van der Waals surface area contributed by atoms with Crippen LogP contribution >= 0.6 is 0 Å². The van der Waals surface area contributed by atoms with Crippen LogP contribution in [0.25, 0.3) is 83.0 Å². The van der Waals surface area contributed by atoms with Crippen LogP contribution in [-0.2, 0) is 0 Å². The maximum absolute atomic E-state index is 6.61. The van der Waals surface area contributed by atoms with E-state index in [2.05, 4.69) is 241 Å². The summed E-state index contributed by atoms with van der Waals surface area (Å²) in [6.45, 7) is 8.92. The highest BCUT2D eigenvalue weighted by Crippen LogP contribution is 2.38. The van der Waals surface area contributed by atoms with E-state index in [-0.39, 0.29) is 0 Å². The molecule has 0 unspecified atom stereocenters. The molecule has 0 bridgehead atoms. The predicted octanol–water partition coefficient (Wildman–Crippen LogP) is 18.4. The molecule has 11 rings (SSSR count). The van der Waals surface area contributed by atoms with Crippen molar-refractivity contribution in [2.45, 2.75) is 0 Å². The van der Waals surface area contributed by atoms with Crippen LogP contribution in [-0.4, -0.2) is 4.57 Å². The second-order valence-electron chi connectivity index (χ2n) is 17.1. The van der Waals surface area contributed by atoms with Crippen molar-refractivity contribution in [1.29, 1.82) is 0 Å². The highest BCUT2D eigenvalue weighted by atomic mass is 16.3. The van der Waals surface area contributed by atoms with Gasteiger partial charge >= 0.3 is 0 Å². The molecule has 0 spiro atoms. The SMILES string of the molecule is C=C(C=CC(=C)c1ccccc2cccc(-c3ccc(-n4c5ccccc5c5ccccc54)cc3)c2oc1)c1ccc(N(c2ccc(-c3ccccc3)cc2)c2ccc(-c3ccccc3)cc2)cc1. The molecule has 2 heterocycles. The molecule has 328 valence electrons. The molecule has 3 nitrogen and oxygen atoms in total. The van der Waals surface area contributed by atoms with Crippen LogP contribution < -0.4 is 4.90 Å². The minimum absolute atomic E-state index is 0.786. The average molecular weight is 885 g/mol. The lowest BCUT2D eigenvalue weighted by Gasteiger charge is -2.26. The normalized spacial score (nSPS) is 11.2. The Labute approximate surface area is 403 Å². The smallest absolute Gasteiger partial charge is 0.141 e. The molecule has 0 saturated heterocycles. The van der Waals surface area contributed by atoms with Crippen LogP contribution in [0.4, 0.5) is 17.1 Å². The molecule has 9 aromatic carbocycles. The quantitative estimate of drug-likeness (QED) is 0.121. The Morgan fingerprint density at radius 3 is 1.38 bits per heavy atom. The van der Waals surface area contributed by atoms with Gasteiger partial charge in [-0.15, -0.1) is 0 Å². The van der Waals surface area contributed by atoms with Gasteiger partial charge in [-0.25, -0.2) is 0 Å². The standard InChI is InChI=1S/C66H48N2O/c1-47(49-30-38-57(39-31-49)67(58-40-32-52(33-41-58)50-16-5-3-6-17-50)59-42-34-53(35-43-59)51-18-7-4-8-19-51)28-29-48(2)56-21-10-9-20-55-22-15-25-61(66(55)69-46-56)54-36-44-60(45-37-54)68-64-26-13-11-23-62(64)63-24-12-14-27-65(63)68/h3-46H,1-2H2. The first-order valence-corrected chi connectivity index (χ1v) is 23.3. The van der Waals surface area contributed by atoms with E-state index in [0.29, 0.717) is 0 Å². The van der Waals surface area contributed by atoms with Crippen molar-refractivity contribution in [2.24, 2.45) is 0 Å². The largest absolute Gasteiger partial charge is 0.463 e. The Bertz CT molecular complexity index is 3570. The van der Waals surface area contributed by atoms with Gasteiger partial charge < -0.3 is 13.9 Å². The van der Waals surface area contributed by atoms with Crippen LogP contribution in [0.15, 0.2) is 285 Å². The summed E-state index contributed by atoms with van der Waals surface area (Å²) in [5, 5.41) is 3.48. The Kier molecular flexibility index (Phi) is 11.7. The molecule has 0 aliphatic heterocycles. The summed E-state index contributed by atoms with van der Waals surface area (Å²) in [4.78, 5) is 2.30. The molecule has 3 heteroatoms. The van der Waals surface area contributed by atoms with Crippen molar-refractivity contribution in [3.05, 3.63) is 291 Å². The molecule has 0 atom stereocenters. The fraction of sp³-hybridized carbons (Fsp3) is 0. The van der Waals surface area contributed by atoms with Crippen molar-refractivity contribution in [3.8, 4) is 39.1 Å². The average Bonchev–Trinajstić information content (AvgIpc) is 3.80. The van der Waals surface area contributed by atoms with Gasteiger partial charge in [-0.1, -0.05) is 213 Å². The Morgan fingerprint density at radius 2 is 0.812 bits per heavy atom. The molecule has 0 fully saturated rings. The maximum atomic E-state index is 6.61. The molecular formula is C66H48N2O. The zero-order valence-electron chi connectivity index (χ0n) is 38.1. The second-order valence-corrected chi connectivity index (χ2v) is 17.1. The summed E-state index contributed by atoms with van der Waals surface area (Å²) in [7, 11) is 0. The summed E-state index contributed by atoms with van der Waals surface area (Å²) < 4.78 is 8.95. The highest BCUT2D eigenvalue weighted by Gasteiger charge is 2.15. The third-order valence-electron chi connectivity index (χ3n) is 12.8. The lowest BCUT2D eigenvalue weighted by molar-refractivity contribution is 0.606. The zero-order valence-corrected chi connectivity index (χ0v) is 38.1. The van der Waals surface area contributed by atoms with Gasteiger partial charge in [0.25, 0.3) is 0 Å². The molecule has 0 saturated carbocycles. The number of hydrogen-bond acceptors (Lipinski definition) is 2. The van der Waals surface area contributed by atoms with E-state index in [0.717, 1.165) is 67.1 Å². The van der Waals surface area contributed by atoms with E-state index in [4.69, 9.17) is 4.42 Å². The summed E-state index contributed by atoms with van der Waals surface area (Å²) >= 11 is 0. The van der Waals surface area contributed by atoms with E-state index < -0.39 is 0 Å². The molecule has 69 heavy (non-hydrogen) atoms. The van der Waals surface area contributed by atoms with Crippen molar-refractivity contribution in [3.63, 3.8) is 0 Å². The highest BCUT2D eigenvalue weighted by molar-refractivity contribution is 6.09. The number of nitrogens with zero attached hydrogens (tertiary/aromatic N) is 2. The van der Waals surface area contributed by atoms with Crippen LogP contribution in [0.2, 0.25) is 0 Å². The third-order valence-corrected chi connectivity index (χ3v) is 12.8. The minimum atomic E-state index is 0.786. The van der Waals surface area contributed by atoms with Gasteiger partial charge in [0, 0.05) is 50.0 Å². The first-order valence-electron chi connectivity index (χ1n) is 23.3. The predicted molar refractivity (Wildman–Crippen MR) is 293 cm³/mol. The fourth-order valence-corrected chi connectivity index (χ4v) is 9.23. The number of para-hydroxylation sites is 3. The van der Waals surface area contributed by atoms with Crippen LogP contribution in [0.1, 0.15) is 11.1 Å². The molecule has 2 aromatic heterocycles. The number of allylic oxidation sites excluding steroid dienone is 4. The lowest BCUT2D eigenvalue weighted by Crippen LogP contribution is -2.09. The Hall–Kier alpha value is -9.18. The van der Waals surface area contributed by atoms with E-state index in [1.807, 2.05) is 42.5 Å². The van der Waals surface area contributed by atoms with Gasteiger partial charge in [-0.2, -0.15) is 0 Å². The van der Waals surface area contributed by atoms with Gasteiger partial charge in [0.2, 0.25) is 0 Å².